The Hall–Kier alpha value is -1.92. The van der Waals surface area contributed by atoms with Crippen molar-refractivity contribution >= 4 is 23.1 Å². The number of carbonyl (C=O) groups excluding carboxylic acids is 1. The van der Waals surface area contributed by atoms with Gasteiger partial charge in [-0.05, 0) is 38.4 Å². The van der Waals surface area contributed by atoms with E-state index < -0.39 is 0 Å². The average molecular weight is 344 g/mol. The summed E-state index contributed by atoms with van der Waals surface area (Å²) in [5, 5.41) is 9.04. The number of piperidine rings is 1. The van der Waals surface area contributed by atoms with E-state index >= 15 is 0 Å². The molecule has 2 N–H and O–H groups in total. The zero-order valence-corrected chi connectivity index (χ0v) is 15.0. The van der Waals surface area contributed by atoms with Crippen molar-refractivity contribution in [1.29, 1.82) is 0 Å². The monoisotopic (exact) mass is 344 g/mol. The highest BCUT2D eigenvalue weighted by molar-refractivity contribution is 7.13. The Kier molecular flexibility index (Phi) is 5.48. The minimum absolute atomic E-state index is 0.127. The summed E-state index contributed by atoms with van der Waals surface area (Å²) in [5.74, 6) is 0. The molecule has 2 amide bonds. The predicted molar refractivity (Wildman–Crippen MR) is 99.6 cm³/mol. The summed E-state index contributed by atoms with van der Waals surface area (Å²) >= 11 is 1.62. The average Bonchev–Trinajstić information content (AvgIpc) is 3.02. The predicted octanol–water partition coefficient (Wildman–Crippen LogP) is 3.72. The fourth-order valence-electron chi connectivity index (χ4n) is 2.96. The van der Waals surface area contributed by atoms with E-state index in [0.717, 1.165) is 54.4 Å². The number of carbonyl (C=O) groups is 1. The van der Waals surface area contributed by atoms with Crippen LogP contribution in [0, 0.1) is 6.92 Å². The van der Waals surface area contributed by atoms with Gasteiger partial charge in [0, 0.05) is 41.5 Å². The molecule has 5 nitrogen and oxygen atoms in total. The van der Waals surface area contributed by atoms with Crippen LogP contribution in [0.3, 0.4) is 0 Å². The molecule has 1 aromatic heterocycles. The Balaban J connectivity index is 1.57. The largest absolute Gasteiger partial charge is 0.335 e. The number of nitrogens with zero attached hydrogens (tertiary/aromatic N) is 2. The number of hydrogen-bond acceptors (Lipinski definition) is 4. The van der Waals surface area contributed by atoms with Crippen molar-refractivity contribution in [2.75, 3.05) is 25.0 Å². The second-order valence-corrected chi connectivity index (χ2v) is 7.04. The van der Waals surface area contributed by atoms with Gasteiger partial charge in [0.15, 0.2) is 0 Å². The van der Waals surface area contributed by atoms with Crippen LogP contribution in [0.4, 0.5) is 10.5 Å². The maximum Gasteiger partial charge on any atom is 0.319 e. The number of urea groups is 1. The second-order valence-electron chi connectivity index (χ2n) is 6.18. The van der Waals surface area contributed by atoms with Gasteiger partial charge in [0.1, 0.15) is 5.01 Å². The highest BCUT2D eigenvalue weighted by atomic mass is 32.1. The highest BCUT2D eigenvalue weighted by Crippen LogP contribution is 2.25. The van der Waals surface area contributed by atoms with E-state index in [-0.39, 0.29) is 12.1 Å². The second kappa shape index (κ2) is 7.77. The first-order valence-electron chi connectivity index (χ1n) is 8.46. The molecule has 0 bridgehead atoms. The molecule has 0 aliphatic carbocycles. The van der Waals surface area contributed by atoms with Crippen LogP contribution in [0.1, 0.15) is 25.5 Å². The molecule has 1 aromatic carbocycles. The highest BCUT2D eigenvalue weighted by Gasteiger charge is 2.19. The van der Waals surface area contributed by atoms with E-state index in [9.17, 15) is 4.79 Å². The Morgan fingerprint density at radius 2 is 2.17 bits per heavy atom. The maximum absolute atomic E-state index is 12.2. The third-order valence-electron chi connectivity index (χ3n) is 4.36. The van der Waals surface area contributed by atoms with E-state index in [4.69, 9.17) is 0 Å². The molecule has 24 heavy (non-hydrogen) atoms. The standard InChI is InChI=1S/C18H24N4OS/c1-3-22-9-7-15(8-10-22)20-18(23)21-16-6-4-5-14(11-16)17-19-13(2)12-24-17/h4-6,11-12,15H,3,7-10H2,1-2H3,(H2,20,21,23). The summed E-state index contributed by atoms with van der Waals surface area (Å²) in [4.78, 5) is 19.1. The molecule has 3 rings (SSSR count). The fraction of sp³-hybridized carbons (Fsp3) is 0.444. The molecule has 0 spiro atoms. The molecule has 0 saturated carbocycles. The van der Waals surface area contributed by atoms with Gasteiger partial charge in [-0.25, -0.2) is 9.78 Å². The summed E-state index contributed by atoms with van der Waals surface area (Å²) in [6, 6.07) is 7.97. The number of thiazole rings is 1. The molecule has 0 unspecified atom stereocenters. The lowest BCUT2D eigenvalue weighted by molar-refractivity contribution is 0.203. The minimum Gasteiger partial charge on any atom is -0.335 e. The number of benzene rings is 1. The zero-order valence-electron chi connectivity index (χ0n) is 14.2. The van der Waals surface area contributed by atoms with Crippen molar-refractivity contribution in [3.05, 3.63) is 35.3 Å². The van der Waals surface area contributed by atoms with Crippen LogP contribution < -0.4 is 10.6 Å². The summed E-state index contributed by atoms with van der Waals surface area (Å²) in [6.07, 6.45) is 2.03. The first-order chi connectivity index (χ1) is 11.6. The quantitative estimate of drug-likeness (QED) is 0.889. The van der Waals surface area contributed by atoms with Gasteiger partial charge in [0.2, 0.25) is 0 Å². The van der Waals surface area contributed by atoms with Gasteiger partial charge in [-0.15, -0.1) is 11.3 Å². The number of anilines is 1. The van der Waals surface area contributed by atoms with E-state index in [2.05, 4.69) is 27.4 Å². The van der Waals surface area contributed by atoms with Crippen LogP contribution >= 0.6 is 11.3 Å². The number of hydrogen-bond donors (Lipinski definition) is 2. The van der Waals surface area contributed by atoms with Gasteiger partial charge < -0.3 is 15.5 Å². The first kappa shape index (κ1) is 16.9. The smallest absolute Gasteiger partial charge is 0.319 e. The first-order valence-corrected chi connectivity index (χ1v) is 9.34. The third-order valence-corrected chi connectivity index (χ3v) is 5.37. The van der Waals surface area contributed by atoms with E-state index in [0.29, 0.717) is 0 Å². The summed E-state index contributed by atoms with van der Waals surface area (Å²) < 4.78 is 0. The van der Waals surface area contributed by atoms with Crippen molar-refractivity contribution in [1.82, 2.24) is 15.2 Å². The molecule has 1 aliphatic heterocycles. The molecular weight excluding hydrogens is 320 g/mol. The fourth-order valence-corrected chi connectivity index (χ4v) is 3.76. The Bertz CT molecular complexity index is 692. The molecule has 0 radical (unpaired) electrons. The maximum atomic E-state index is 12.2. The molecule has 2 aromatic rings. The van der Waals surface area contributed by atoms with Gasteiger partial charge >= 0.3 is 6.03 Å². The molecule has 128 valence electrons. The van der Waals surface area contributed by atoms with Crippen LogP contribution in [0.2, 0.25) is 0 Å². The Morgan fingerprint density at radius 1 is 1.38 bits per heavy atom. The molecule has 1 fully saturated rings. The van der Waals surface area contributed by atoms with Crippen LogP contribution in [-0.4, -0.2) is 41.6 Å². The van der Waals surface area contributed by atoms with Crippen molar-refractivity contribution in [3.63, 3.8) is 0 Å². The lowest BCUT2D eigenvalue weighted by atomic mass is 10.1. The minimum atomic E-state index is -0.127. The van der Waals surface area contributed by atoms with Gasteiger partial charge in [-0.2, -0.15) is 0 Å². The van der Waals surface area contributed by atoms with Crippen LogP contribution in [0.25, 0.3) is 10.6 Å². The molecule has 0 atom stereocenters. The normalized spacial score (nSPS) is 16.1. The number of aryl methyl sites for hydroxylation is 1. The third kappa shape index (κ3) is 4.33. The Morgan fingerprint density at radius 3 is 2.83 bits per heavy atom. The molecule has 2 heterocycles. The van der Waals surface area contributed by atoms with Gasteiger partial charge in [0.05, 0.1) is 0 Å². The summed E-state index contributed by atoms with van der Waals surface area (Å²) in [5.41, 5.74) is 2.84. The zero-order chi connectivity index (χ0) is 16.9. The van der Waals surface area contributed by atoms with Crippen LogP contribution in [0.15, 0.2) is 29.6 Å². The van der Waals surface area contributed by atoms with Crippen molar-refractivity contribution in [3.8, 4) is 10.6 Å². The van der Waals surface area contributed by atoms with E-state index in [1.54, 1.807) is 11.3 Å². The van der Waals surface area contributed by atoms with Crippen LogP contribution in [-0.2, 0) is 0 Å². The van der Waals surface area contributed by atoms with E-state index in [1.165, 1.54) is 0 Å². The SMILES string of the molecule is CCN1CCC(NC(=O)Nc2cccc(-c3nc(C)cs3)c2)CC1. The summed E-state index contributed by atoms with van der Waals surface area (Å²) in [6.45, 7) is 7.36. The van der Waals surface area contributed by atoms with Gasteiger partial charge in [-0.1, -0.05) is 19.1 Å². The number of aromatic nitrogens is 1. The lowest BCUT2D eigenvalue weighted by Gasteiger charge is -2.31. The Labute approximate surface area is 147 Å². The molecule has 6 heteroatoms. The van der Waals surface area contributed by atoms with Crippen LogP contribution in [0.5, 0.6) is 0 Å². The summed E-state index contributed by atoms with van der Waals surface area (Å²) in [7, 11) is 0. The van der Waals surface area contributed by atoms with Gasteiger partial charge in [0.25, 0.3) is 0 Å². The van der Waals surface area contributed by atoms with Crippen molar-refractivity contribution in [2.45, 2.75) is 32.7 Å². The number of rotatable bonds is 4. The van der Waals surface area contributed by atoms with E-state index in [1.807, 2.05) is 36.6 Å². The molecule has 1 saturated heterocycles. The van der Waals surface area contributed by atoms with Crippen molar-refractivity contribution in [2.24, 2.45) is 0 Å². The van der Waals surface area contributed by atoms with Crippen molar-refractivity contribution < 1.29 is 4.79 Å². The topological polar surface area (TPSA) is 57.3 Å². The number of amides is 2. The molecular formula is C18H24N4OS. The van der Waals surface area contributed by atoms with Gasteiger partial charge in [-0.3, -0.25) is 0 Å². The lowest BCUT2D eigenvalue weighted by Crippen LogP contribution is -2.45. The number of nitrogens with one attached hydrogen (secondary N) is 2. The molecule has 1 aliphatic rings. The number of likely N-dealkylation sites (tertiary alicyclic amines) is 1.